The van der Waals surface area contributed by atoms with Gasteiger partial charge in [-0.2, -0.15) is 0 Å². The van der Waals surface area contributed by atoms with E-state index in [1.165, 1.54) is 70.6 Å². The number of rotatable bonds is 17. The smallest absolute Gasteiger partial charge is 0.409 e. The summed E-state index contributed by atoms with van der Waals surface area (Å²) in [7, 11) is 0. The Morgan fingerprint density at radius 3 is 1.74 bits per heavy atom. The molecule has 1 rings (SSSR count). The van der Waals surface area contributed by atoms with E-state index in [4.69, 9.17) is 9.47 Å². The summed E-state index contributed by atoms with van der Waals surface area (Å²) in [5.41, 5.74) is 0. The minimum atomic E-state index is -0.257. The second-order valence-corrected chi connectivity index (χ2v) is 9.64. The molecule has 1 amide bonds. The summed E-state index contributed by atoms with van der Waals surface area (Å²) >= 11 is 0. The number of ether oxygens (including phenoxy) is 2. The molecule has 0 aliphatic carbocycles. The monoisotopic (exact) mass is 439 g/mol. The van der Waals surface area contributed by atoms with Crippen LogP contribution in [-0.2, 0) is 14.3 Å². The van der Waals surface area contributed by atoms with E-state index < -0.39 is 0 Å². The number of unbranched alkanes of at least 4 members (excludes halogenated alkanes) is 12. The summed E-state index contributed by atoms with van der Waals surface area (Å²) in [6, 6.07) is 0. The van der Waals surface area contributed by atoms with Gasteiger partial charge in [0.25, 0.3) is 0 Å². The summed E-state index contributed by atoms with van der Waals surface area (Å²) in [4.78, 5) is 25.9. The van der Waals surface area contributed by atoms with E-state index in [-0.39, 0.29) is 18.0 Å². The van der Waals surface area contributed by atoms with E-state index in [2.05, 4.69) is 6.92 Å². The van der Waals surface area contributed by atoms with Crippen molar-refractivity contribution in [1.29, 1.82) is 0 Å². The maximum atomic E-state index is 12.3. The van der Waals surface area contributed by atoms with Crippen molar-refractivity contribution >= 4 is 12.1 Å². The molecule has 182 valence electrons. The van der Waals surface area contributed by atoms with Crippen LogP contribution < -0.4 is 0 Å². The Hall–Kier alpha value is -1.26. The molecule has 0 aromatic carbocycles. The second kappa shape index (κ2) is 18.3. The highest BCUT2D eigenvalue weighted by Crippen LogP contribution is 2.20. The van der Waals surface area contributed by atoms with Crippen molar-refractivity contribution in [1.82, 2.24) is 4.90 Å². The van der Waals surface area contributed by atoms with Gasteiger partial charge in [0.2, 0.25) is 0 Å². The Kier molecular flexibility index (Phi) is 16.4. The number of carbonyl (C=O) groups excluding carboxylic acids is 2. The van der Waals surface area contributed by atoms with E-state index in [1.807, 2.05) is 13.8 Å². The predicted octanol–water partition coefficient (Wildman–Crippen LogP) is 7.13. The SMILES string of the molecule is CCCCCCCCCCCCCCCOC(=O)C1CCN(C(=O)OCC(C)C)CC1. The summed E-state index contributed by atoms with van der Waals surface area (Å²) in [5, 5.41) is 0. The maximum Gasteiger partial charge on any atom is 0.409 e. The topological polar surface area (TPSA) is 55.8 Å². The lowest BCUT2D eigenvalue weighted by molar-refractivity contribution is -0.150. The van der Waals surface area contributed by atoms with Crippen molar-refractivity contribution in [2.75, 3.05) is 26.3 Å². The van der Waals surface area contributed by atoms with Crippen molar-refractivity contribution in [2.45, 2.75) is 117 Å². The molecule has 0 bridgehead atoms. The zero-order valence-corrected chi connectivity index (χ0v) is 20.7. The number of amides is 1. The Labute approximate surface area is 191 Å². The predicted molar refractivity (Wildman–Crippen MR) is 127 cm³/mol. The van der Waals surface area contributed by atoms with Crippen molar-refractivity contribution in [3.63, 3.8) is 0 Å². The molecular formula is C26H49NO4. The van der Waals surface area contributed by atoms with E-state index >= 15 is 0 Å². The number of hydrogen-bond donors (Lipinski definition) is 0. The van der Waals surface area contributed by atoms with Crippen LogP contribution in [-0.4, -0.2) is 43.3 Å². The van der Waals surface area contributed by atoms with Crippen molar-refractivity contribution in [3.05, 3.63) is 0 Å². The Balaban J connectivity index is 1.91. The van der Waals surface area contributed by atoms with Crippen LogP contribution in [0.3, 0.4) is 0 Å². The maximum absolute atomic E-state index is 12.3. The van der Waals surface area contributed by atoms with Crippen LogP contribution in [0.25, 0.3) is 0 Å². The van der Waals surface area contributed by atoms with Crippen LogP contribution in [0.4, 0.5) is 4.79 Å². The number of piperidine rings is 1. The molecule has 5 heteroatoms. The highest BCUT2D eigenvalue weighted by atomic mass is 16.6. The highest BCUT2D eigenvalue weighted by Gasteiger charge is 2.29. The molecule has 0 spiro atoms. The Bertz CT molecular complexity index is 458. The molecule has 31 heavy (non-hydrogen) atoms. The van der Waals surface area contributed by atoms with Crippen LogP contribution >= 0.6 is 0 Å². The van der Waals surface area contributed by atoms with Gasteiger partial charge in [-0.3, -0.25) is 4.79 Å². The average molecular weight is 440 g/mol. The molecule has 0 saturated carbocycles. The third kappa shape index (κ3) is 14.4. The minimum Gasteiger partial charge on any atom is -0.465 e. The van der Waals surface area contributed by atoms with Gasteiger partial charge in [0.05, 0.1) is 19.1 Å². The molecule has 1 fully saturated rings. The molecule has 0 radical (unpaired) electrons. The third-order valence-corrected chi connectivity index (χ3v) is 6.12. The van der Waals surface area contributed by atoms with E-state index in [1.54, 1.807) is 4.90 Å². The largest absolute Gasteiger partial charge is 0.465 e. The first kappa shape index (κ1) is 27.8. The van der Waals surface area contributed by atoms with Gasteiger partial charge in [0, 0.05) is 13.1 Å². The number of carbonyl (C=O) groups is 2. The minimum absolute atomic E-state index is 0.0730. The molecule has 0 aromatic heterocycles. The molecule has 0 unspecified atom stereocenters. The number of likely N-dealkylation sites (tertiary alicyclic amines) is 1. The average Bonchev–Trinajstić information content (AvgIpc) is 2.77. The lowest BCUT2D eigenvalue weighted by Crippen LogP contribution is -2.41. The van der Waals surface area contributed by atoms with Crippen molar-refractivity contribution < 1.29 is 19.1 Å². The molecular weight excluding hydrogens is 390 g/mol. The van der Waals surface area contributed by atoms with Gasteiger partial charge in [0.15, 0.2) is 0 Å². The van der Waals surface area contributed by atoms with Crippen molar-refractivity contribution in [3.8, 4) is 0 Å². The number of nitrogens with zero attached hydrogens (tertiary/aromatic N) is 1. The number of hydrogen-bond acceptors (Lipinski definition) is 4. The van der Waals surface area contributed by atoms with Crippen LogP contribution in [0.5, 0.6) is 0 Å². The van der Waals surface area contributed by atoms with Gasteiger partial charge >= 0.3 is 12.1 Å². The van der Waals surface area contributed by atoms with Crippen LogP contribution in [0, 0.1) is 11.8 Å². The highest BCUT2D eigenvalue weighted by molar-refractivity contribution is 5.73. The summed E-state index contributed by atoms with van der Waals surface area (Å²) in [6.45, 7) is 8.45. The van der Waals surface area contributed by atoms with Gasteiger partial charge in [-0.05, 0) is 25.2 Å². The standard InChI is InChI=1S/C26H49NO4/c1-4-5-6-7-8-9-10-11-12-13-14-15-16-21-30-25(28)24-17-19-27(20-18-24)26(29)31-22-23(2)3/h23-24H,4-22H2,1-3H3. The van der Waals surface area contributed by atoms with Crippen LogP contribution in [0.2, 0.25) is 0 Å². The first-order valence-electron chi connectivity index (χ1n) is 13.1. The molecule has 0 N–H and O–H groups in total. The normalized spacial score (nSPS) is 14.8. The van der Waals surface area contributed by atoms with Gasteiger partial charge in [0.1, 0.15) is 0 Å². The molecule has 1 aliphatic heterocycles. The van der Waals surface area contributed by atoms with Gasteiger partial charge in [-0.1, -0.05) is 97.8 Å². The molecule has 0 atom stereocenters. The lowest BCUT2D eigenvalue weighted by Gasteiger charge is -2.30. The second-order valence-electron chi connectivity index (χ2n) is 9.64. The Morgan fingerprint density at radius 2 is 1.26 bits per heavy atom. The van der Waals surface area contributed by atoms with Crippen LogP contribution in [0.15, 0.2) is 0 Å². The summed E-state index contributed by atoms with van der Waals surface area (Å²) < 4.78 is 10.7. The zero-order chi connectivity index (χ0) is 22.7. The van der Waals surface area contributed by atoms with Crippen LogP contribution in [0.1, 0.15) is 117 Å². The van der Waals surface area contributed by atoms with Gasteiger partial charge in [-0.25, -0.2) is 4.79 Å². The summed E-state index contributed by atoms with van der Waals surface area (Å²) in [5.74, 6) is 0.173. The molecule has 1 heterocycles. The Morgan fingerprint density at radius 1 is 0.774 bits per heavy atom. The van der Waals surface area contributed by atoms with Gasteiger partial charge in [-0.15, -0.1) is 0 Å². The molecule has 1 saturated heterocycles. The molecule has 5 nitrogen and oxygen atoms in total. The first-order chi connectivity index (χ1) is 15.0. The van der Waals surface area contributed by atoms with Gasteiger partial charge < -0.3 is 14.4 Å². The van der Waals surface area contributed by atoms with Crippen molar-refractivity contribution in [2.24, 2.45) is 11.8 Å². The molecule has 1 aliphatic rings. The lowest BCUT2D eigenvalue weighted by atomic mass is 9.97. The molecule has 0 aromatic rings. The third-order valence-electron chi connectivity index (χ3n) is 6.12. The summed E-state index contributed by atoms with van der Waals surface area (Å²) in [6.07, 6.45) is 18.2. The number of esters is 1. The quantitative estimate of drug-likeness (QED) is 0.179. The fraction of sp³-hybridized carbons (Fsp3) is 0.923. The first-order valence-corrected chi connectivity index (χ1v) is 13.1. The van der Waals surface area contributed by atoms with E-state index in [9.17, 15) is 9.59 Å². The fourth-order valence-corrected chi connectivity index (χ4v) is 4.04. The fourth-order valence-electron chi connectivity index (χ4n) is 4.04. The van der Waals surface area contributed by atoms with E-state index in [0.717, 1.165) is 12.8 Å². The zero-order valence-electron chi connectivity index (χ0n) is 20.7. The van der Waals surface area contributed by atoms with E-state index in [0.29, 0.717) is 45.1 Å².